The van der Waals surface area contributed by atoms with E-state index in [1.807, 2.05) is 0 Å². The van der Waals surface area contributed by atoms with Crippen molar-refractivity contribution in [3.8, 4) is 6.07 Å². The molecule has 1 aliphatic carbocycles. The largest absolute Gasteiger partial charge is 0.409 e. The fourth-order valence-electron chi connectivity index (χ4n) is 7.82. The average Bonchev–Trinajstić information content (AvgIpc) is 3.54. The Morgan fingerprint density at radius 3 is 2.56 bits per heavy atom. The van der Waals surface area contributed by atoms with Crippen molar-refractivity contribution in [2.75, 3.05) is 33.2 Å². The van der Waals surface area contributed by atoms with Crippen LogP contribution in [0.2, 0.25) is 0 Å². The number of likely N-dealkylation sites (tertiary alicyclic amines) is 2. The molecule has 0 aromatic carbocycles. The number of alkyl halides is 4. The number of carbonyl (C=O) groups excluding carboxylic acids is 2. The minimum absolute atomic E-state index is 0.0732. The first kappa shape index (κ1) is 28.9. The number of amides is 2. The van der Waals surface area contributed by atoms with Crippen LogP contribution in [-0.4, -0.2) is 107 Å². The molecule has 4 heterocycles. The van der Waals surface area contributed by atoms with Crippen LogP contribution in [0.5, 0.6) is 0 Å². The van der Waals surface area contributed by atoms with Gasteiger partial charge in [-0.2, -0.15) is 18.4 Å². The smallest absolute Gasteiger partial charge is 0.341 e. The molecule has 6 atom stereocenters. The topological polar surface area (TPSA) is 94.9 Å². The maximum Gasteiger partial charge on any atom is 0.409 e. The zero-order valence-corrected chi connectivity index (χ0v) is 23.1. The molecule has 9 nitrogen and oxygen atoms in total. The highest BCUT2D eigenvalue weighted by molar-refractivity contribution is 6.20. The first-order valence-corrected chi connectivity index (χ1v) is 14.7. The summed E-state index contributed by atoms with van der Waals surface area (Å²) in [6, 6.07) is 0.815. The number of nitriles is 1. The Balaban J connectivity index is 1.20. The highest BCUT2D eigenvalue weighted by atomic mass is 35.5. The standard InChI is InChI=1S/C26H39ClF3N7O2/c1-34(25(39)17-9-12-35(15-17)23(38)8-10-31)24(26(28,29)30)16-4-6-18(7-5-16)36-11-2-3-19-20(36)14-32-22-13-21(27)33-37(19)22/h16-22,24,32-33H,2-9,11-15H2,1H3/t16?,17-,18?,19?,20?,21?,22?,24+/m1/s1. The second-order valence-electron chi connectivity index (χ2n) is 11.8. The number of carbonyl (C=O) groups is 2. The Labute approximate surface area is 232 Å². The van der Waals surface area contributed by atoms with Gasteiger partial charge in [0.25, 0.3) is 0 Å². The van der Waals surface area contributed by atoms with Crippen LogP contribution in [0, 0.1) is 23.2 Å². The third-order valence-electron chi connectivity index (χ3n) is 9.64. The van der Waals surface area contributed by atoms with Gasteiger partial charge < -0.3 is 9.80 Å². The molecule has 13 heteroatoms. The van der Waals surface area contributed by atoms with Crippen LogP contribution in [0.3, 0.4) is 0 Å². The molecule has 0 aromatic heterocycles. The lowest BCUT2D eigenvalue weighted by Gasteiger charge is -2.53. The summed E-state index contributed by atoms with van der Waals surface area (Å²) in [7, 11) is 1.26. The van der Waals surface area contributed by atoms with Gasteiger partial charge in [-0.1, -0.05) is 0 Å². The number of hydrogen-bond acceptors (Lipinski definition) is 7. The van der Waals surface area contributed by atoms with Gasteiger partial charge in [0.2, 0.25) is 11.8 Å². The van der Waals surface area contributed by atoms with Crippen molar-refractivity contribution in [2.24, 2.45) is 11.8 Å². The van der Waals surface area contributed by atoms with Gasteiger partial charge in [-0.15, -0.1) is 11.6 Å². The number of nitrogens with one attached hydrogen (secondary N) is 2. The zero-order valence-electron chi connectivity index (χ0n) is 22.4. The van der Waals surface area contributed by atoms with Gasteiger partial charge in [0.1, 0.15) is 12.5 Å². The van der Waals surface area contributed by atoms with Crippen LogP contribution >= 0.6 is 11.6 Å². The van der Waals surface area contributed by atoms with Crippen molar-refractivity contribution in [3.63, 3.8) is 0 Å². The minimum atomic E-state index is -4.53. The summed E-state index contributed by atoms with van der Waals surface area (Å²) in [5, 5.41) is 14.6. The summed E-state index contributed by atoms with van der Waals surface area (Å²) >= 11 is 6.35. The number of piperidine rings is 1. The number of hydrogen-bond donors (Lipinski definition) is 2. The quantitative estimate of drug-likeness (QED) is 0.385. The van der Waals surface area contributed by atoms with E-state index in [2.05, 4.69) is 20.7 Å². The summed E-state index contributed by atoms with van der Waals surface area (Å²) < 4.78 is 43.2. The van der Waals surface area contributed by atoms with E-state index in [1.54, 1.807) is 6.07 Å². The third kappa shape index (κ3) is 5.89. The molecular weight excluding hydrogens is 535 g/mol. The molecule has 4 saturated heterocycles. The van der Waals surface area contributed by atoms with Crippen molar-refractivity contribution in [1.29, 1.82) is 5.26 Å². The van der Waals surface area contributed by atoms with Gasteiger partial charge in [-0.05, 0) is 57.4 Å². The van der Waals surface area contributed by atoms with E-state index < -0.39 is 30.0 Å². The molecule has 218 valence electrons. The highest BCUT2D eigenvalue weighted by Gasteiger charge is 2.52. The van der Waals surface area contributed by atoms with E-state index in [9.17, 15) is 22.8 Å². The second-order valence-corrected chi connectivity index (χ2v) is 12.4. The van der Waals surface area contributed by atoms with Crippen LogP contribution in [0.1, 0.15) is 57.8 Å². The van der Waals surface area contributed by atoms with Gasteiger partial charge in [-0.25, -0.2) is 10.4 Å². The fraction of sp³-hybridized carbons (Fsp3) is 0.885. The number of hydrazine groups is 1. The molecule has 2 N–H and O–H groups in total. The van der Waals surface area contributed by atoms with Gasteiger partial charge in [0.15, 0.2) is 0 Å². The maximum absolute atomic E-state index is 14.4. The average molecular weight is 574 g/mol. The molecule has 4 aliphatic heterocycles. The van der Waals surface area contributed by atoms with Crippen molar-refractivity contribution in [2.45, 2.75) is 99.8 Å². The van der Waals surface area contributed by atoms with Gasteiger partial charge in [0.05, 0.1) is 23.7 Å². The van der Waals surface area contributed by atoms with E-state index in [4.69, 9.17) is 16.9 Å². The first-order chi connectivity index (χ1) is 18.6. The van der Waals surface area contributed by atoms with Crippen molar-refractivity contribution in [1.82, 2.24) is 30.5 Å². The normalized spacial score (nSPS) is 36.6. The molecule has 4 unspecified atom stereocenters. The number of nitrogens with zero attached hydrogens (tertiary/aromatic N) is 5. The molecule has 1 saturated carbocycles. The van der Waals surface area contributed by atoms with E-state index in [1.165, 1.54) is 11.9 Å². The van der Waals surface area contributed by atoms with Crippen LogP contribution in [0.15, 0.2) is 0 Å². The highest BCUT2D eigenvalue weighted by Crippen LogP contribution is 2.41. The lowest BCUT2D eigenvalue weighted by atomic mass is 9.78. The second kappa shape index (κ2) is 11.7. The summed E-state index contributed by atoms with van der Waals surface area (Å²) in [5.74, 6) is -2.27. The summed E-state index contributed by atoms with van der Waals surface area (Å²) in [6.07, 6.45) is 0.883. The van der Waals surface area contributed by atoms with Crippen LogP contribution in [-0.2, 0) is 9.59 Å². The molecule has 5 aliphatic rings. The van der Waals surface area contributed by atoms with Gasteiger partial charge in [0, 0.05) is 51.2 Å². The summed E-state index contributed by atoms with van der Waals surface area (Å²) in [5.41, 5.74) is 3.30. The summed E-state index contributed by atoms with van der Waals surface area (Å²) in [4.78, 5) is 30.0. The summed E-state index contributed by atoms with van der Waals surface area (Å²) in [6.45, 7) is 2.17. The number of rotatable bonds is 5. The predicted octanol–water partition coefficient (Wildman–Crippen LogP) is 2.23. The Bertz CT molecular complexity index is 957. The Kier molecular flexibility index (Phi) is 8.65. The molecule has 5 fully saturated rings. The Morgan fingerprint density at radius 2 is 1.87 bits per heavy atom. The molecule has 0 bridgehead atoms. The molecule has 2 amide bonds. The third-order valence-corrected chi connectivity index (χ3v) is 9.91. The van der Waals surface area contributed by atoms with Crippen molar-refractivity contribution < 1.29 is 22.8 Å². The first-order valence-electron chi connectivity index (χ1n) is 14.2. The van der Waals surface area contributed by atoms with E-state index in [0.29, 0.717) is 50.7 Å². The SMILES string of the molecule is CN(C(=O)[C@@H]1CCN(C(=O)CC#N)C1)[C@@H](C1CCC(N2CCCC3C2CNC2CC(Cl)NN23)CC1)C(F)(F)F. The predicted molar refractivity (Wildman–Crippen MR) is 138 cm³/mol. The molecule has 0 aromatic rings. The van der Waals surface area contributed by atoms with Gasteiger partial charge in [-0.3, -0.25) is 19.8 Å². The molecule has 39 heavy (non-hydrogen) atoms. The van der Waals surface area contributed by atoms with Crippen LogP contribution < -0.4 is 10.7 Å². The Morgan fingerprint density at radius 1 is 1.13 bits per heavy atom. The number of fused-ring (bicyclic) bond motifs is 3. The minimum Gasteiger partial charge on any atom is -0.341 e. The van der Waals surface area contributed by atoms with Crippen LogP contribution in [0.25, 0.3) is 0 Å². The van der Waals surface area contributed by atoms with Gasteiger partial charge >= 0.3 is 6.18 Å². The molecular formula is C26H39ClF3N7O2. The van der Waals surface area contributed by atoms with Crippen LogP contribution in [0.4, 0.5) is 13.2 Å². The monoisotopic (exact) mass is 573 g/mol. The Hall–Kier alpha value is -1.65. The molecule has 0 radical (unpaired) electrons. The maximum atomic E-state index is 14.4. The van der Waals surface area contributed by atoms with Crippen molar-refractivity contribution >= 4 is 23.4 Å². The zero-order chi connectivity index (χ0) is 27.9. The van der Waals surface area contributed by atoms with Crippen molar-refractivity contribution in [3.05, 3.63) is 0 Å². The van der Waals surface area contributed by atoms with E-state index >= 15 is 0 Å². The lowest BCUT2D eigenvalue weighted by Crippen LogP contribution is -2.70. The van der Waals surface area contributed by atoms with E-state index in [-0.39, 0.29) is 36.6 Å². The lowest BCUT2D eigenvalue weighted by molar-refractivity contribution is -0.203. The molecule has 0 spiro atoms. The number of halogens is 4. The fourth-order valence-corrected chi connectivity index (χ4v) is 8.10. The van der Waals surface area contributed by atoms with E-state index in [0.717, 1.165) is 37.3 Å². The molecule has 5 rings (SSSR count).